The lowest BCUT2D eigenvalue weighted by Gasteiger charge is -2.11. The molecule has 2 N–H and O–H groups in total. The fourth-order valence-electron chi connectivity index (χ4n) is 2.63. The van der Waals surface area contributed by atoms with E-state index in [0.29, 0.717) is 17.0 Å². The Bertz CT molecular complexity index is 1010. The highest BCUT2D eigenvalue weighted by atomic mass is 16.5. The Labute approximate surface area is 174 Å². The first-order valence-electron chi connectivity index (χ1n) is 9.31. The Kier molecular flexibility index (Phi) is 6.59. The maximum absolute atomic E-state index is 11.9. The van der Waals surface area contributed by atoms with Gasteiger partial charge in [0.2, 0.25) is 0 Å². The second-order valence-electron chi connectivity index (χ2n) is 6.83. The minimum Gasteiger partial charge on any atom is -0.484 e. The lowest BCUT2D eigenvalue weighted by atomic mass is 10.1. The molecule has 2 aromatic carbocycles. The largest absolute Gasteiger partial charge is 0.484 e. The average Bonchev–Trinajstić information content (AvgIpc) is 3.05. The monoisotopic (exact) mass is 405 g/mol. The number of rotatable bonds is 7. The molecule has 0 saturated carbocycles. The van der Waals surface area contributed by atoms with Crippen molar-refractivity contribution in [1.29, 1.82) is 0 Å². The van der Waals surface area contributed by atoms with Gasteiger partial charge in [-0.15, -0.1) is 0 Å². The van der Waals surface area contributed by atoms with Crippen molar-refractivity contribution in [1.82, 2.24) is 10.9 Å². The van der Waals surface area contributed by atoms with Crippen LogP contribution in [0, 0.1) is 0 Å². The Balaban J connectivity index is 1.47. The van der Waals surface area contributed by atoms with Crippen molar-refractivity contribution >= 4 is 35.5 Å². The SMILES string of the molecule is CC1=NNC(=O)/C1=C\c1ccc(OCC(=O)N/N=C/c2ccc(N(C)C)cc2)cc1. The van der Waals surface area contributed by atoms with Crippen LogP contribution in [0.1, 0.15) is 18.1 Å². The third-order valence-corrected chi connectivity index (χ3v) is 4.33. The van der Waals surface area contributed by atoms with Gasteiger partial charge in [0.15, 0.2) is 6.61 Å². The summed E-state index contributed by atoms with van der Waals surface area (Å²) < 4.78 is 5.46. The molecule has 0 fully saturated rings. The number of carbonyl (C=O) groups excluding carboxylic acids is 2. The van der Waals surface area contributed by atoms with Crippen molar-refractivity contribution in [3.63, 3.8) is 0 Å². The molecule has 154 valence electrons. The lowest BCUT2D eigenvalue weighted by molar-refractivity contribution is -0.123. The first-order chi connectivity index (χ1) is 14.4. The van der Waals surface area contributed by atoms with Crippen molar-refractivity contribution in [2.45, 2.75) is 6.92 Å². The highest BCUT2D eigenvalue weighted by Gasteiger charge is 2.18. The van der Waals surface area contributed by atoms with E-state index in [9.17, 15) is 9.59 Å². The predicted octanol–water partition coefficient (Wildman–Crippen LogP) is 2.17. The topological polar surface area (TPSA) is 95.4 Å². The molecule has 0 atom stereocenters. The molecular formula is C22H23N5O3. The average molecular weight is 405 g/mol. The minimum absolute atomic E-state index is 0.161. The third-order valence-electron chi connectivity index (χ3n) is 4.33. The van der Waals surface area contributed by atoms with Gasteiger partial charge >= 0.3 is 0 Å². The molecule has 0 aromatic heterocycles. The van der Waals surface area contributed by atoms with Gasteiger partial charge in [0.1, 0.15) is 5.75 Å². The summed E-state index contributed by atoms with van der Waals surface area (Å²) in [5.41, 5.74) is 8.82. The summed E-state index contributed by atoms with van der Waals surface area (Å²) in [5, 5.41) is 7.82. The van der Waals surface area contributed by atoms with Crippen molar-refractivity contribution in [3.8, 4) is 5.75 Å². The third kappa shape index (κ3) is 5.54. The molecule has 2 amide bonds. The van der Waals surface area contributed by atoms with Crippen molar-refractivity contribution in [2.24, 2.45) is 10.2 Å². The zero-order valence-electron chi connectivity index (χ0n) is 17.0. The number of amides is 2. The molecule has 0 unspecified atom stereocenters. The molecule has 2 aromatic rings. The Morgan fingerprint density at radius 2 is 1.80 bits per heavy atom. The van der Waals surface area contributed by atoms with Crippen LogP contribution in [-0.2, 0) is 9.59 Å². The molecule has 0 radical (unpaired) electrons. The van der Waals surface area contributed by atoms with E-state index in [0.717, 1.165) is 16.8 Å². The molecular weight excluding hydrogens is 382 g/mol. The number of hydrogen-bond donors (Lipinski definition) is 2. The minimum atomic E-state index is -0.364. The number of nitrogens with one attached hydrogen (secondary N) is 2. The molecule has 0 saturated heterocycles. The molecule has 8 heteroatoms. The van der Waals surface area contributed by atoms with E-state index in [-0.39, 0.29) is 18.4 Å². The van der Waals surface area contributed by atoms with Crippen LogP contribution in [0.5, 0.6) is 5.75 Å². The van der Waals surface area contributed by atoms with Crippen LogP contribution in [0.15, 0.2) is 64.3 Å². The summed E-state index contributed by atoms with van der Waals surface area (Å²) in [6.45, 7) is 1.60. The van der Waals surface area contributed by atoms with Crippen molar-refractivity contribution in [2.75, 3.05) is 25.6 Å². The quantitative estimate of drug-likeness (QED) is 0.419. The molecule has 0 aliphatic carbocycles. The number of anilines is 1. The Morgan fingerprint density at radius 3 is 2.40 bits per heavy atom. The Hall–Kier alpha value is -3.94. The number of benzene rings is 2. The molecule has 3 rings (SSSR count). The van der Waals surface area contributed by atoms with Crippen LogP contribution in [0.2, 0.25) is 0 Å². The summed E-state index contributed by atoms with van der Waals surface area (Å²) in [7, 11) is 3.94. The van der Waals surface area contributed by atoms with Crippen molar-refractivity contribution in [3.05, 3.63) is 65.2 Å². The number of hydrogen-bond acceptors (Lipinski definition) is 6. The smallest absolute Gasteiger partial charge is 0.277 e. The molecule has 0 bridgehead atoms. The lowest BCUT2D eigenvalue weighted by Crippen LogP contribution is -2.24. The van der Waals surface area contributed by atoms with Gasteiger partial charge in [-0.3, -0.25) is 9.59 Å². The van der Waals surface area contributed by atoms with Crippen LogP contribution in [0.3, 0.4) is 0 Å². The molecule has 1 aliphatic rings. The van der Waals surface area contributed by atoms with Gasteiger partial charge in [-0.1, -0.05) is 24.3 Å². The fourth-order valence-corrected chi connectivity index (χ4v) is 2.63. The highest BCUT2D eigenvalue weighted by molar-refractivity contribution is 6.26. The predicted molar refractivity (Wildman–Crippen MR) is 118 cm³/mol. The fraction of sp³-hybridized carbons (Fsp3) is 0.182. The highest BCUT2D eigenvalue weighted by Crippen LogP contribution is 2.16. The molecule has 1 heterocycles. The summed E-state index contributed by atoms with van der Waals surface area (Å²) in [5.74, 6) is -0.0488. The van der Waals surface area contributed by atoms with Gasteiger partial charge < -0.3 is 9.64 Å². The van der Waals surface area contributed by atoms with Gasteiger partial charge in [-0.2, -0.15) is 10.2 Å². The van der Waals surface area contributed by atoms with Crippen LogP contribution in [-0.4, -0.2) is 44.4 Å². The number of hydrazone groups is 2. The number of nitrogens with zero attached hydrogens (tertiary/aromatic N) is 3. The maximum Gasteiger partial charge on any atom is 0.277 e. The molecule has 30 heavy (non-hydrogen) atoms. The zero-order valence-corrected chi connectivity index (χ0v) is 17.0. The maximum atomic E-state index is 11.9. The van der Waals surface area contributed by atoms with E-state index in [4.69, 9.17) is 4.74 Å². The summed E-state index contributed by atoms with van der Waals surface area (Å²) >= 11 is 0. The normalized spacial score (nSPS) is 14.6. The Morgan fingerprint density at radius 1 is 1.13 bits per heavy atom. The van der Waals surface area contributed by atoms with E-state index in [2.05, 4.69) is 21.1 Å². The summed E-state index contributed by atoms with van der Waals surface area (Å²) in [6.07, 6.45) is 3.32. The van der Waals surface area contributed by atoms with Crippen LogP contribution >= 0.6 is 0 Å². The number of ether oxygens (including phenoxy) is 1. The van der Waals surface area contributed by atoms with Gasteiger partial charge in [-0.05, 0) is 48.4 Å². The van der Waals surface area contributed by atoms with E-state index < -0.39 is 0 Å². The molecule has 0 spiro atoms. The van der Waals surface area contributed by atoms with Crippen LogP contribution in [0.4, 0.5) is 5.69 Å². The zero-order chi connectivity index (χ0) is 21.5. The standard InChI is InChI=1S/C22H23N5O3/c1-15-20(22(29)26-24-15)12-16-6-10-19(11-7-16)30-14-21(28)25-23-13-17-4-8-18(9-5-17)27(2)3/h4-13H,14H2,1-3H3,(H,25,28)(H,26,29)/b20-12-,23-13+. The van der Waals surface area contributed by atoms with E-state index >= 15 is 0 Å². The summed E-state index contributed by atoms with van der Waals surface area (Å²) in [4.78, 5) is 25.6. The number of carbonyl (C=O) groups is 2. The second-order valence-corrected chi connectivity index (χ2v) is 6.83. The second kappa shape index (κ2) is 9.51. The van der Waals surface area contributed by atoms with E-state index in [1.54, 1.807) is 43.5 Å². The molecule has 8 nitrogen and oxygen atoms in total. The van der Waals surface area contributed by atoms with Gasteiger partial charge in [0.05, 0.1) is 17.5 Å². The van der Waals surface area contributed by atoms with Gasteiger partial charge in [-0.25, -0.2) is 10.9 Å². The van der Waals surface area contributed by atoms with Gasteiger partial charge in [0.25, 0.3) is 11.8 Å². The van der Waals surface area contributed by atoms with Crippen LogP contribution < -0.4 is 20.5 Å². The first-order valence-corrected chi connectivity index (χ1v) is 9.31. The van der Waals surface area contributed by atoms with Gasteiger partial charge in [0, 0.05) is 19.8 Å². The first kappa shape index (κ1) is 20.8. The van der Waals surface area contributed by atoms with Crippen molar-refractivity contribution < 1.29 is 14.3 Å². The van der Waals surface area contributed by atoms with E-state index in [1.165, 1.54) is 0 Å². The summed E-state index contributed by atoms with van der Waals surface area (Å²) in [6, 6.07) is 14.8. The van der Waals surface area contributed by atoms with E-state index in [1.807, 2.05) is 43.3 Å². The van der Waals surface area contributed by atoms with Crippen LogP contribution in [0.25, 0.3) is 6.08 Å². The molecule has 1 aliphatic heterocycles.